The standard InChI is InChI=1S/C11H11NOS2/c1-6-10(7(2)13)15-11(12-6)9-4-5-14-8(9)3/h4-5H,1-3H3. The lowest BCUT2D eigenvalue weighted by atomic mass is 10.3. The molecule has 2 aromatic heterocycles. The monoisotopic (exact) mass is 237 g/mol. The van der Waals surface area contributed by atoms with Crippen LogP contribution in [0.25, 0.3) is 10.6 Å². The van der Waals surface area contributed by atoms with Gasteiger partial charge in [-0.3, -0.25) is 4.79 Å². The first kappa shape index (κ1) is 10.5. The molecular formula is C11H11NOS2. The SMILES string of the molecule is CC(=O)c1sc(-c2ccsc2C)nc1C. The summed E-state index contributed by atoms with van der Waals surface area (Å²) in [5, 5.41) is 3.01. The Morgan fingerprint density at radius 2 is 2.13 bits per heavy atom. The van der Waals surface area contributed by atoms with Gasteiger partial charge in [-0.05, 0) is 25.3 Å². The lowest BCUT2D eigenvalue weighted by molar-refractivity contribution is 0.102. The Kier molecular flexibility index (Phi) is 2.71. The maximum atomic E-state index is 11.3. The molecule has 0 saturated carbocycles. The summed E-state index contributed by atoms with van der Waals surface area (Å²) in [6, 6.07) is 2.06. The van der Waals surface area contributed by atoms with Crippen LogP contribution < -0.4 is 0 Å². The van der Waals surface area contributed by atoms with Crippen LogP contribution in [0.4, 0.5) is 0 Å². The van der Waals surface area contributed by atoms with Crippen molar-refractivity contribution in [3.63, 3.8) is 0 Å². The van der Waals surface area contributed by atoms with Crippen LogP contribution in [0, 0.1) is 13.8 Å². The number of carbonyl (C=O) groups is 1. The van der Waals surface area contributed by atoms with Crippen molar-refractivity contribution in [2.75, 3.05) is 0 Å². The van der Waals surface area contributed by atoms with Crippen LogP contribution in [-0.4, -0.2) is 10.8 Å². The van der Waals surface area contributed by atoms with Crippen molar-refractivity contribution in [1.29, 1.82) is 0 Å². The number of thiazole rings is 1. The molecule has 2 rings (SSSR count). The summed E-state index contributed by atoms with van der Waals surface area (Å²) >= 11 is 3.19. The number of ketones is 1. The molecule has 0 spiro atoms. The van der Waals surface area contributed by atoms with Crippen molar-refractivity contribution in [2.24, 2.45) is 0 Å². The number of aryl methyl sites for hydroxylation is 2. The Bertz CT molecular complexity index is 510. The molecule has 0 aliphatic heterocycles. The molecule has 0 radical (unpaired) electrons. The van der Waals surface area contributed by atoms with Crippen LogP contribution in [0.15, 0.2) is 11.4 Å². The van der Waals surface area contributed by atoms with E-state index in [1.54, 1.807) is 18.3 Å². The summed E-state index contributed by atoms with van der Waals surface area (Å²) in [6.07, 6.45) is 0. The zero-order valence-electron chi connectivity index (χ0n) is 8.83. The van der Waals surface area contributed by atoms with Crippen molar-refractivity contribution in [3.05, 3.63) is 26.9 Å². The second-order valence-corrected chi connectivity index (χ2v) is 5.50. The van der Waals surface area contributed by atoms with Crippen LogP contribution in [0.3, 0.4) is 0 Å². The van der Waals surface area contributed by atoms with E-state index in [4.69, 9.17) is 0 Å². The Morgan fingerprint density at radius 1 is 1.40 bits per heavy atom. The van der Waals surface area contributed by atoms with E-state index in [-0.39, 0.29) is 5.78 Å². The minimum Gasteiger partial charge on any atom is -0.294 e. The molecule has 4 heteroatoms. The van der Waals surface area contributed by atoms with E-state index in [1.165, 1.54) is 16.2 Å². The molecule has 0 unspecified atom stereocenters. The second-order valence-electron chi connectivity index (χ2n) is 3.38. The molecule has 15 heavy (non-hydrogen) atoms. The van der Waals surface area contributed by atoms with Gasteiger partial charge in [-0.15, -0.1) is 22.7 Å². The van der Waals surface area contributed by atoms with Crippen LogP contribution in [0.5, 0.6) is 0 Å². The lowest BCUT2D eigenvalue weighted by Crippen LogP contribution is -1.89. The predicted octanol–water partition coefficient (Wildman–Crippen LogP) is 3.69. The van der Waals surface area contributed by atoms with E-state index < -0.39 is 0 Å². The third kappa shape index (κ3) is 1.87. The summed E-state index contributed by atoms with van der Waals surface area (Å²) < 4.78 is 0. The Labute approximate surface area is 96.6 Å². The van der Waals surface area contributed by atoms with Crippen molar-refractivity contribution in [2.45, 2.75) is 20.8 Å². The van der Waals surface area contributed by atoms with E-state index in [2.05, 4.69) is 23.4 Å². The zero-order chi connectivity index (χ0) is 11.0. The molecule has 78 valence electrons. The number of thiophene rings is 1. The van der Waals surface area contributed by atoms with Gasteiger partial charge < -0.3 is 0 Å². The Balaban J connectivity index is 2.52. The van der Waals surface area contributed by atoms with E-state index >= 15 is 0 Å². The van der Waals surface area contributed by atoms with Crippen LogP contribution in [0.2, 0.25) is 0 Å². The van der Waals surface area contributed by atoms with E-state index in [0.717, 1.165) is 21.1 Å². The van der Waals surface area contributed by atoms with Gasteiger partial charge in [0.25, 0.3) is 0 Å². The molecule has 0 aliphatic carbocycles. The maximum Gasteiger partial charge on any atom is 0.171 e. The molecule has 0 atom stereocenters. The molecule has 2 aromatic rings. The van der Waals surface area contributed by atoms with Crippen LogP contribution >= 0.6 is 22.7 Å². The topological polar surface area (TPSA) is 30.0 Å². The third-order valence-corrected chi connectivity index (χ3v) is 4.34. The Hall–Kier alpha value is -1.00. The van der Waals surface area contributed by atoms with Crippen molar-refractivity contribution in [1.82, 2.24) is 4.98 Å². The van der Waals surface area contributed by atoms with Gasteiger partial charge in [-0.1, -0.05) is 0 Å². The number of hydrogen-bond acceptors (Lipinski definition) is 4. The summed E-state index contributed by atoms with van der Waals surface area (Å²) in [7, 11) is 0. The second kappa shape index (κ2) is 3.87. The fraction of sp³-hybridized carbons (Fsp3) is 0.273. The first-order valence-electron chi connectivity index (χ1n) is 4.62. The number of carbonyl (C=O) groups excluding carboxylic acids is 1. The minimum atomic E-state index is 0.101. The number of Topliss-reactive ketones (excluding diaryl/α,β-unsaturated/α-hetero) is 1. The Morgan fingerprint density at radius 3 is 2.60 bits per heavy atom. The van der Waals surface area contributed by atoms with Gasteiger partial charge in [0.05, 0.1) is 10.6 Å². The summed E-state index contributed by atoms with van der Waals surface area (Å²) in [4.78, 5) is 17.8. The van der Waals surface area contributed by atoms with Crippen molar-refractivity contribution in [3.8, 4) is 10.6 Å². The fourth-order valence-corrected chi connectivity index (χ4v) is 3.25. The summed E-state index contributed by atoms with van der Waals surface area (Å²) in [5.74, 6) is 0.101. The van der Waals surface area contributed by atoms with Gasteiger partial charge in [-0.25, -0.2) is 4.98 Å². The minimum absolute atomic E-state index is 0.101. The van der Waals surface area contributed by atoms with Gasteiger partial charge in [0, 0.05) is 17.4 Å². The molecule has 0 aromatic carbocycles. The van der Waals surface area contributed by atoms with E-state index in [9.17, 15) is 4.79 Å². The van der Waals surface area contributed by atoms with Gasteiger partial charge in [0.2, 0.25) is 0 Å². The maximum absolute atomic E-state index is 11.3. The highest BCUT2D eigenvalue weighted by Gasteiger charge is 2.14. The van der Waals surface area contributed by atoms with Gasteiger partial charge in [0.1, 0.15) is 5.01 Å². The average molecular weight is 237 g/mol. The highest BCUT2D eigenvalue weighted by Crippen LogP contribution is 2.32. The normalized spacial score (nSPS) is 10.6. The van der Waals surface area contributed by atoms with Crippen LogP contribution in [0.1, 0.15) is 27.2 Å². The number of nitrogens with zero attached hydrogens (tertiary/aromatic N) is 1. The van der Waals surface area contributed by atoms with Crippen LogP contribution in [-0.2, 0) is 0 Å². The quantitative estimate of drug-likeness (QED) is 0.746. The molecule has 2 heterocycles. The molecule has 0 saturated heterocycles. The van der Waals surface area contributed by atoms with Gasteiger partial charge in [-0.2, -0.15) is 0 Å². The van der Waals surface area contributed by atoms with Crippen molar-refractivity contribution >= 4 is 28.5 Å². The predicted molar refractivity (Wildman–Crippen MR) is 64.9 cm³/mol. The van der Waals surface area contributed by atoms with Gasteiger partial charge in [0.15, 0.2) is 5.78 Å². The molecule has 0 bridgehead atoms. The number of aromatic nitrogens is 1. The van der Waals surface area contributed by atoms with E-state index in [0.29, 0.717) is 0 Å². The molecular weight excluding hydrogens is 226 g/mol. The van der Waals surface area contributed by atoms with Crippen molar-refractivity contribution < 1.29 is 4.79 Å². The lowest BCUT2D eigenvalue weighted by Gasteiger charge is -1.91. The number of hydrogen-bond donors (Lipinski definition) is 0. The molecule has 0 amide bonds. The molecule has 0 fully saturated rings. The molecule has 2 nitrogen and oxygen atoms in total. The highest BCUT2D eigenvalue weighted by molar-refractivity contribution is 7.17. The molecule has 0 N–H and O–H groups in total. The first-order chi connectivity index (χ1) is 7.09. The van der Waals surface area contributed by atoms with Gasteiger partial charge >= 0.3 is 0 Å². The smallest absolute Gasteiger partial charge is 0.171 e. The summed E-state index contributed by atoms with van der Waals surface area (Å²) in [5.41, 5.74) is 1.99. The van der Waals surface area contributed by atoms with E-state index in [1.807, 2.05) is 6.92 Å². The fourth-order valence-electron chi connectivity index (χ4n) is 1.45. The highest BCUT2D eigenvalue weighted by atomic mass is 32.1. The zero-order valence-corrected chi connectivity index (χ0v) is 10.5. The molecule has 0 aliphatic rings. The average Bonchev–Trinajstić information content (AvgIpc) is 2.71. The first-order valence-corrected chi connectivity index (χ1v) is 6.32. The number of rotatable bonds is 2. The largest absolute Gasteiger partial charge is 0.294 e. The third-order valence-electron chi connectivity index (χ3n) is 2.21. The summed E-state index contributed by atoms with van der Waals surface area (Å²) in [6.45, 7) is 5.55.